The zero-order chi connectivity index (χ0) is 19.7. The molecule has 1 atom stereocenters. The summed E-state index contributed by atoms with van der Waals surface area (Å²) in [6.45, 7) is 8.76. The van der Waals surface area contributed by atoms with Gasteiger partial charge in [0.15, 0.2) is 5.76 Å². The molecule has 0 bridgehead atoms. The van der Waals surface area contributed by atoms with Crippen molar-refractivity contribution in [2.24, 2.45) is 0 Å². The Labute approximate surface area is 163 Å². The normalized spacial score (nSPS) is 16.3. The molecule has 3 aromatic rings. The van der Waals surface area contributed by atoms with Gasteiger partial charge in [-0.05, 0) is 26.8 Å². The molecular weight excluding hydrogens is 356 g/mol. The van der Waals surface area contributed by atoms with Gasteiger partial charge in [0.25, 0.3) is 5.91 Å². The van der Waals surface area contributed by atoms with Gasteiger partial charge in [-0.1, -0.05) is 35.0 Å². The van der Waals surface area contributed by atoms with E-state index in [1.54, 1.807) is 6.26 Å². The SMILES string of the molecule is Cc1ccc(-c2noc(C(C)N3CCN(C(=O)c4occc4C)CC3)n2)cc1. The van der Waals surface area contributed by atoms with Crippen LogP contribution in [0.5, 0.6) is 0 Å². The minimum Gasteiger partial charge on any atom is -0.459 e. The highest BCUT2D eigenvalue weighted by Crippen LogP contribution is 2.24. The molecule has 28 heavy (non-hydrogen) atoms. The van der Waals surface area contributed by atoms with E-state index < -0.39 is 0 Å². The Morgan fingerprint density at radius 1 is 1.07 bits per heavy atom. The number of nitrogens with zero attached hydrogens (tertiary/aromatic N) is 4. The van der Waals surface area contributed by atoms with Crippen molar-refractivity contribution in [2.75, 3.05) is 26.2 Å². The molecule has 3 heterocycles. The average Bonchev–Trinajstić information content (AvgIpc) is 3.37. The molecule has 0 saturated carbocycles. The van der Waals surface area contributed by atoms with Crippen molar-refractivity contribution in [2.45, 2.75) is 26.8 Å². The second-order valence-electron chi connectivity index (χ2n) is 7.26. The summed E-state index contributed by atoms with van der Waals surface area (Å²) in [5.74, 6) is 1.58. The molecule has 7 heteroatoms. The number of amides is 1. The molecule has 1 aliphatic heterocycles. The van der Waals surface area contributed by atoms with Gasteiger partial charge in [-0.3, -0.25) is 9.69 Å². The van der Waals surface area contributed by atoms with Crippen molar-refractivity contribution in [3.8, 4) is 11.4 Å². The number of hydrogen-bond donors (Lipinski definition) is 0. The van der Waals surface area contributed by atoms with Crippen LogP contribution in [0.1, 0.15) is 40.5 Å². The molecule has 1 unspecified atom stereocenters. The van der Waals surface area contributed by atoms with Gasteiger partial charge in [0.05, 0.1) is 12.3 Å². The van der Waals surface area contributed by atoms with Crippen molar-refractivity contribution < 1.29 is 13.7 Å². The maximum absolute atomic E-state index is 12.6. The average molecular weight is 380 g/mol. The maximum Gasteiger partial charge on any atom is 0.289 e. The van der Waals surface area contributed by atoms with Gasteiger partial charge in [0.1, 0.15) is 0 Å². The van der Waals surface area contributed by atoms with Gasteiger partial charge >= 0.3 is 0 Å². The minimum atomic E-state index is -0.0470. The van der Waals surface area contributed by atoms with Crippen LogP contribution >= 0.6 is 0 Å². The van der Waals surface area contributed by atoms with Crippen LogP contribution in [0.2, 0.25) is 0 Å². The van der Waals surface area contributed by atoms with E-state index >= 15 is 0 Å². The van der Waals surface area contributed by atoms with Crippen molar-refractivity contribution >= 4 is 5.91 Å². The maximum atomic E-state index is 12.6. The Balaban J connectivity index is 1.39. The summed E-state index contributed by atoms with van der Waals surface area (Å²) in [7, 11) is 0. The zero-order valence-corrected chi connectivity index (χ0v) is 16.4. The third kappa shape index (κ3) is 3.57. The first-order valence-corrected chi connectivity index (χ1v) is 9.51. The highest BCUT2D eigenvalue weighted by Gasteiger charge is 2.29. The molecule has 2 aromatic heterocycles. The van der Waals surface area contributed by atoms with Crippen molar-refractivity contribution in [1.29, 1.82) is 0 Å². The lowest BCUT2D eigenvalue weighted by Crippen LogP contribution is -2.49. The zero-order valence-electron chi connectivity index (χ0n) is 16.4. The highest BCUT2D eigenvalue weighted by molar-refractivity contribution is 5.92. The summed E-state index contributed by atoms with van der Waals surface area (Å²) in [6, 6.07) is 9.87. The van der Waals surface area contributed by atoms with Crippen LogP contribution in [0.15, 0.2) is 45.5 Å². The number of benzene rings is 1. The summed E-state index contributed by atoms with van der Waals surface area (Å²) < 4.78 is 10.9. The van der Waals surface area contributed by atoms with E-state index in [2.05, 4.69) is 22.0 Å². The summed E-state index contributed by atoms with van der Waals surface area (Å²) in [4.78, 5) is 21.3. The van der Waals surface area contributed by atoms with Crippen LogP contribution < -0.4 is 0 Å². The van der Waals surface area contributed by atoms with Crippen LogP contribution in [0.25, 0.3) is 11.4 Å². The second kappa shape index (κ2) is 7.59. The quantitative estimate of drug-likeness (QED) is 0.690. The Kier molecular flexibility index (Phi) is 5.00. The Hall–Kier alpha value is -2.93. The molecule has 1 saturated heterocycles. The van der Waals surface area contributed by atoms with Crippen LogP contribution in [-0.2, 0) is 0 Å². The summed E-state index contributed by atoms with van der Waals surface area (Å²) >= 11 is 0. The van der Waals surface area contributed by atoms with Crippen molar-refractivity contribution in [3.05, 3.63) is 59.4 Å². The summed E-state index contributed by atoms with van der Waals surface area (Å²) in [5.41, 5.74) is 3.00. The number of piperazine rings is 1. The van der Waals surface area contributed by atoms with E-state index in [1.807, 2.05) is 49.1 Å². The fourth-order valence-corrected chi connectivity index (χ4v) is 3.43. The van der Waals surface area contributed by atoms with Gasteiger partial charge in [-0.25, -0.2) is 0 Å². The third-order valence-electron chi connectivity index (χ3n) is 5.31. The molecule has 7 nitrogen and oxygen atoms in total. The Bertz CT molecular complexity index is 952. The first-order valence-electron chi connectivity index (χ1n) is 9.51. The van der Waals surface area contributed by atoms with Gasteiger partial charge in [-0.15, -0.1) is 0 Å². The number of aryl methyl sites for hydroxylation is 2. The Morgan fingerprint density at radius 2 is 1.79 bits per heavy atom. The predicted octanol–water partition coefficient (Wildman–Crippen LogP) is 3.47. The molecule has 1 amide bonds. The molecule has 146 valence electrons. The van der Waals surface area contributed by atoms with Crippen LogP contribution in [0.4, 0.5) is 0 Å². The highest BCUT2D eigenvalue weighted by atomic mass is 16.5. The number of rotatable bonds is 4. The smallest absolute Gasteiger partial charge is 0.289 e. The van der Waals surface area contributed by atoms with E-state index in [-0.39, 0.29) is 11.9 Å². The third-order valence-corrected chi connectivity index (χ3v) is 5.31. The molecule has 1 aliphatic rings. The lowest BCUT2D eigenvalue weighted by atomic mass is 10.1. The molecule has 0 radical (unpaired) electrons. The molecular formula is C21H24N4O3. The molecule has 0 N–H and O–H groups in total. The standard InChI is InChI=1S/C21H24N4O3/c1-14-4-6-17(7-5-14)19-22-20(28-23-19)16(3)24-9-11-25(12-10-24)21(26)18-15(2)8-13-27-18/h4-8,13,16H,9-12H2,1-3H3. The predicted molar refractivity (Wildman–Crippen MR) is 104 cm³/mol. The van der Waals surface area contributed by atoms with Crippen LogP contribution in [0, 0.1) is 13.8 Å². The molecule has 0 spiro atoms. The van der Waals surface area contributed by atoms with E-state index in [0.717, 1.165) is 24.2 Å². The van der Waals surface area contributed by atoms with Crippen LogP contribution in [0.3, 0.4) is 0 Å². The number of carbonyl (C=O) groups is 1. The lowest BCUT2D eigenvalue weighted by Gasteiger charge is -2.36. The fraction of sp³-hybridized carbons (Fsp3) is 0.381. The molecule has 0 aliphatic carbocycles. The fourth-order valence-electron chi connectivity index (χ4n) is 3.43. The topological polar surface area (TPSA) is 75.6 Å². The molecule has 4 rings (SSSR count). The van der Waals surface area contributed by atoms with E-state index in [9.17, 15) is 4.79 Å². The molecule has 1 fully saturated rings. The van der Waals surface area contributed by atoms with Crippen LogP contribution in [-0.4, -0.2) is 52.0 Å². The van der Waals surface area contributed by atoms with Crippen molar-refractivity contribution in [3.63, 3.8) is 0 Å². The van der Waals surface area contributed by atoms with E-state index in [4.69, 9.17) is 8.94 Å². The second-order valence-corrected chi connectivity index (χ2v) is 7.26. The number of aromatic nitrogens is 2. The minimum absolute atomic E-state index is 0.00528. The number of furan rings is 1. The number of hydrogen-bond acceptors (Lipinski definition) is 6. The van der Waals surface area contributed by atoms with Gasteiger partial charge < -0.3 is 13.8 Å². The van der Waals surface area contributed by atoms with Crippen molar-refractivity contribution in [1.82, 2.24) is 19.9 Å². The van der Waals surface area contributed by atoms with E-state index in [1.165, 1.54) is 5.56 Å². The van der Waals surface area contributed by atoms with Gasteiger partial charge in [-0.2, -0.15) is 4.98 Å². The number of carbonyl (C=O) groups excluding carboxylic acids is 1. The van der Waals surface area contributed by atoms with E-state index in [0.29, 0.717) is 30.6 Å². The molecule has 1 aromatic carbocycles. The summed E-state index contributed by atoms with van der Waals surface area (Å²) in [6.07, 6.45) is 1.56. The Morgan fingerprint density at radius 3 is 2.43 bits per heavy atom. The van der Waals surface area contributed by atoms with Gasteiger partial charge in [0, 0.05) is 37.3 Å². The largest absolute Gasteiger partial charge is 0.459 e. The summed E-state index contributed by atoms with van der Waals surface area (Å²) in [5, 5.41) is 4.13. The first kappa shape index (κ1) is 18.4. The first-order chi connectivity index (χ1) is 13.5. The lowest BCUT2D eigenvalue weighted by molar-refractivity contribution is 0.0523. The van der Waals surface area contributed by atoms with Gasteiger partial charge in [0.2, 0.25) is 11.7 Å². The monoisotopic (exact) mass is 380 g/mol.